The second kappa shape index (κ2) is 3.93. The summed E-state index contributed by atoms with van der Waals surface area (Å²) in [7, 11) is 0. The van der Waals surface area contributed by atoms with Gasteiger partial charge < -0.3 is 0 Å². The van der Waals surface area contributed by atoms with Gasteiger partial charge in [0.15, 0.2) is 0 Å². The van der Waals surface area contributed by atoms with Crippen LogP contribution >= 0.6 is 0 Å². The second-order valence-electron chi connectivity index (χ2n) is 3.12. The highest BCUT2D eigenvalue weighted by molar-refractivity contribution is 5.65. The van der Waals surface area contributed by atoms with Gasteiger partial charge >= 0.3 is 0 Å². The molecule has 0 aliphatic carbocycles. The summed E-state index contributed by atoms with van der Waals surface area (Å²) >= 11 is 0. The van der Waals surface area contributed by atoms with Crippen LogP contribution in [0.1, 0.15) is 5.56 Å². The van der Waals surface area contributed by atoms with Crippen molar-refractivity contribution in [1.29, 1.82) is 0 Å². The SMILES string of the molecule is C=Cc1ccc(-c2c[c]ccc2)cc1. The lowest BCUT2D eigenvalue weighted by atomic mass is 10.0. The first-order valence-electron chi connectivity index (χ1n) is 4.59. The number of benzene rings is 2. The molecule has 0 heterocycles. The molecule has 0 nitrogen and oxygen atoms in total. The Morgan fingerprint density at radius 2 is 1.79 bits per heavy atom. The third-order valence-electron chi connectivity index (χ3n) is 2.19. The van der Waals surface area contributed by atoms with E-state index in [9.17, 15) is 0 Å². The van der Waals surface area contributed by atoms with Crippen LogP contribution in [0.2, 0.25) is 0 Å². The van der Waals surface area contributed by atoms with Crippen molar-refractivity contribution in [3.8, 4) is 11.1 Å². The fraction of sp³-hybridized carbons (Fsp3) is 0. The average Bonchev–Trinajstić information content (AvgIpc) is 2.30. The van der Waals surface area contributed by atoms with Crippen LogP contribution in [0.5, 0.6) is 0 Å². The molecule has 0 fully saturated rings. The zero-order valence-corrected chi connectivity index (χ0v) is 7.90. The van der Waals surface area contributed by atoms with Crippen molar-refractivity contribution in [1.82, 2.24) is 0 Å². The Kier molecular flexibility index (Phi) is 2.46. The lowest BCUT2D eigenvalue weighted by Gasteiger charge is -2.00. The summed E-state index contributed by atoms with van der Waals surface area (Å²) in [5.74, 6) is 0. The van der Waals surface area contributed by atoms with Gasteiger partial charge in [-0.25, -0.2) is 0 Å². The smallest absolute Gasteiger partial charge is 0.0178 e. The fourth-order valence-electron chi connectivity index (χ4n) is 1.38. The molecule has 0 unspecified atom stereocenters. The van der Waals surface area contributed by atoms with Gasteiger partial charge in [-0.2, -0.15) is 0 Å². The van der Waals surface area contributed by atoms with Crippen molar-refractivity contribution < 1.29 is 0 Å². The van der Waals surface area contributed by atoms with E-state index in [1.54, 1.807) is 0 Å². The van der Waals surface area contributed by atoms with E-state index < -0.39 is 0 Å². The summed E-state index contributed by atoms with van der Waals surface area (Å²) in [6, 6.07) is 19.4. The van der Waals surface area contributed by atoms with Crippen LogP contribution in [0.3, 0.4) is 0 Å². The Bertz CT molecular complexity index is 410. The minimum Gasteiger partial charge on any atom is -0.0985 e. The Morgan fingerprint density at radius 3 is 2.36 bits per heavy atom. The molecular weight excluding hydrogens is 168 g/mol. The van der Waals surface area contributed by atoms with Gasteiger partial charge in [-0.3, -0.25) is 0 Å². The lowest BCUT2D eigenvalue weighted by Crippen LogP contribution is -1.77. The first kappa shape index (κ1) is 8.76. The molecule has 0 spiro atoms. The first-order chi connectivity index (χ1) is 6.90. The molecule has 2 aromatic rings. The molecule has 14 heavy (non-hydrogen) atoms. The Hall–Kier alpha value is -1.82. The van der Waals surface area contributed by atoms with E-state index in [2.05, 4.69) is 43.0 Å². The maximum absolute atomic E-state index is 3.73. The van der Waals surface area contributed by atoms with Gasteiger partial charge in [0.25, 0.3) is 0 Å². The van der Waals surface area contributed by atoms with Gasteiger partial charge in [-0.1, -0.05) is 55.1 Å². The lowest BCUT2D eigenvalue weighted by molar-refractivity contribution is 1.60. The molecule has 67 valence electrons. The van der Waals surface area contributed by atoms with Crippen molar-refractivity contribution >= 4 is 6.08 Å². The summed E-state index contributed by atoms with van der Waals surface area (Å²) in [6.45, 7) is 3.73. The van der Waals surface area contributed by atoms with Crippen LogP contribution < -0.4 is 0 Å². The maximum atomic E-state index is 3.73. The number of rotatable bonds is 2. The predicted molar refractivity (Wildman–Crippen MR) is 60.8 cm³/mol. The fourth-order valence-corrected chi connectivity index (χ4v) is 1.38. The largest absolute Gasteiger partial charge is 0.0985 e. The topological polar surface area (TPSA) is 0 Å². The monoisotopic (exact) mass is 179 g/mol. The number of hydrogen-bond donors (Lipinski definition) is 0. The molecule has 0 aromatic heterocycles. The molecule has 2 rings (SSSR count). The Morgan fingerprint density at radius 1 is 1.00 bits per heavy atom. The summed E-state index contributed by atoms with van der Waals surface area (Å²) in [5, 5.41) is 0. The van der Waals surface area contributed by atoms with E-state index in [0.29, 0.717) is 0 Å². The van der Waals surface area contributed by atoms with E-state index in [0.717, 1.165) is 5.56 Å². The highest BCUT2D eigenvalue weighted by Gasteiger charge is 1.94. The summed E-state index contributed by atoms with van der Waals surface area (Å²) in [4.78, 5) is 0. The molecule has 0 amide bonds. The van der Waals surface area contributed by atoms with Crippen LogP contribution in [0, 0.1) is 6.07 Å². The van der Waals surface area contributed by atoms with Gasteiger partial charge in [0.05, 0.1) is 0 Å². The van der Waals surface area contributed by atoms with Crippen LogP contribution in [0.25, 0.3) is 17.2 Å². The highest BCUT2D eigenvalue weighted by atomic mass is 14.0. The van der Waals surface area contributed by atoms with Gasteiger partial charge in [-0.05, 0) is 28.8 Å². The zero-order chi connectivity index (χ0) is 9.80. The minimum absolute atomic E-state index is 1.15. The van der Waals surface area contributed by atoms with Gasteiger partial charge in [0.2, 0.25) is 0 Å². The second-order valence-corrected chi connectivity index (χ2v) is 3.12. The van der Waals surface area contributed by atoms with E-state index >= 15 is 0 Å². The molecule has 2 aromatic carbocycles. The van der Waals surface area contributed by atoms with E-state index in [1.165, 1.54) is 11.1 Å². The molecule has 0 aliphatic heterocycles. The van der Waals surface area contributed by atoms with E-state index in [-0.39, 0.29) is 0 Å². The zero-order valence-electron chi connectivity index (χ0n) is 7.90. The van der Waals surface area contributed by atoms with Gasteiger partial charge in [0, 0.05) is 0 Å². The van der Waals surface area contributed by atoms with Crippen molar-refractivity contribution in [3.05, 3.63) is 66.7 Å². The molecule has 0 N–H and O–H groups in total. The van der Waals surface area contributed by atoms with Gasteiger partial charge in [-0.15, -0.1) is 0 Å². The average molecular weight is 179 g/mol. The number of hydrogen-bond acceptors (Lipinski definition) is 0. The van der Waals surface area contributed by atoms with Crippen LogP contribution in [-0.4, -0.2) is 0 Å². The van der Waals surface area contributed by atoms with Crippen molar-refractivity contribution in [2.24, 2.45) is 0 Å². The molecule has 0 aliphatic rings. The Labute approximate surface area is 84.5 Å². The van der Waals surface area contributed by atoms with Gasteiger partial charge in [0.1, 0.15) is 0 Å². The molecule has 0 saturated carbocycles. The molecule has 0 heteroatoms. The van der Waals surface area contributed by atoms with E-state index in [4.69, 9.17) is 0 Å². The summed E-state index contributed by atoms with van der Waals surface area (Å²) in [6.07, 6.45) is 1.85. The quantitative estimate of drug-likeness (QED) is 0.657. The first-order valence-corrected chi connectivity index (χ1v) is 4.59. The van der Waals surface area contributed by atoms with Crippen molar-refractivity contribution in [2.45, 2.75) is 0 Å². The van der Waals surface area contributed by atoms with Crippen molar-refractivity contribution in [3.63, 3.8) is 0 Å². The third-order valence-corrected chi connectivity index (χ3v) is 2.19. The Balaban J connectivity index is 2.39. The molecule has 0 bridgehead atoms. The normalized spacial score (nSPS) is 9.71. The highest BCUT2D eigenvalue weighted by Crippen LogP contribution is 2.19. The predicted octanol–water partition coefficient (Wildman–Crippen LogP) is 3.80. The van der Waals surface area contributed by atoms with Crippen LogP contribution in [-0.2, 0) is 0 Å². The standard InChI is InChI=1S/C14H11/c1-2-12-8-10-14(11-9-12)13-6-4-3-5-7-13/h2-4,6-11H,1H2. The molecule has 0 atom stereocenters. The van der Waals surface area contributed by atoms with Crippen LogP contribution in [0.4, 0.5) is 0 Å². The molecule has 0 saturated heterocycles. The van der Waals surface area contributed by atoms with Crippen LogP contribution in [0.15, 0.2) is 55.1 Å². The third kappa shape index (κ3) is 1.74. The molecule has 1 radical (unpaired) electrons. The maximum Gasteiger partial charge on any atom is -0.0178 e. The van der Waals surface area contributed by atoms with E-state index in [1.807, 2.05) is 24.3 Å². The summed E-state index contributed by atoms with van der Waals surface area (Å²) in [5.41, 5.74) is 3.56. The summed E-state index contributed by atoms with van der Waals surface area (Å²) < 4.78 is 0. The van der Waals surface area contributed by atoms with Crippen molar-refractivity contribution in [2.75, 3.05) is 0 Å². The molecular formula is C14H11. The minimum atomic E-state index is 1.15.